The Balaban J connectivity index is 2.97. The number of rotatable bonds is 6. The summed E-state index contributed by atoms with van der Waals surface area (Å²) in [4.78, 5) is 24.4. The molecule has 7 nitrogen and oxygen atoms in total. The van der Waals surface area contributed by atoms with Gasteiger partial charge in [0.1, 0.15) is 0 Å². The Labute approximate surface area is 116 Å². The van der Waals surface area contributed by atoms with Crippen LogP contribution in [0.25, 0.3) is 0 Å². The number of urea groups is 1. The molecule has 0 saturated carbocycles. The predicted octanol–water partition coefficient (Wildman–Crippen LogP) is 0.512. The van der Waals surface area contributed by atoms with Crippen LogP contribution in [-0.4, -0.2) is 58.5 Å². The first-order valence-electron chi connectivity index (χ1n) is 6.11. The van der Waals surface area contributed by atoms with Gasteiger partial charge in [-0.15, -0.1) is 0 Å². The number of aliphatic hydroxyl groups excluding tert-OH is 2. The highest BCUT2D eigenvalue weighted by molar-refractivity contribution is 6.01. The lowest BCUT2D eigenvalue weighted by Crippen LogP contribution is -2.39. The second-order valence-electron chi connectivity index (χ2n) is 4.17. The van der Waals surface area contributed by atoms with Crippen molar-refractivity contribution in [1.29, 1.82) is 0 Å². The van der Waals surface area contributed by atoms with Gasteiger partial charge in [-0.05, 0) is 18.6 Å². The van der Waals surface area contributed by atoms with Crippen molar-refractivity contribution in [2.75, 3.05) is 31.6 Å². The summed E-state index contributed by atoms with van der Waals surface area (Å²) in [6.45, 7) is 1.31. The van der Waals surface area contributed by atoms with E-state index in [0.29, 0.717) is 5.56 Å². The standard InChI is InChI=1S/C13H18N2O5/c1-9-3-2-4-10(12(18)19)11(9)14-13(20)15(5-7-16)6-8-17/h2-4,16-17H,5-8H2,1H3,(H,14,20)(H,18,19). The highest BCUT2D eigenvalue weighted by atomic mass is 16.4. The van der Waals surface area contributed by atoms with Crippen LogP contribution in [0.3, 0.4) is 0 Å². The minimum atomic E-state index is -1.14. The molecule has 0 atom stereocenters. The Morgan fingerprint density at radius 3 is 2.30 bits per heavy atom. The van der Waals surface area contributed by atoms with Crippen LogP contribution < -0.4 is 5.32 Å². The predicted molar refractivity (Wildman–Crippen MR) is 72.9 cm³/mol. The Hall–Kier alpha value is -2.12. The maximum Gasteiger partial charge on any atom is 0.337 e. The van der Waals surface area contributed by atoms with Gasteiger partial charge in [-0.3, -0.25) is 0 Å². The fourth-order valence-electron chi connectivity index (χ4n) is 1.75. The van der Waals surface area contributed by atoms with Crippen molar-refractivity contribution in [3.63, 3.8) is 0 Å². The smallest absolute Gasteiger partial charge is 0.337 e. The zero-order valence-corrected chi connectivity index (χ0v) is 11.2. The van der Waals surface area contributed by atoms with Gasteiger partial charge in [-0.2, -0.15) is 0 Å². The highest BCUT2D eigenvalue weighted by Crippen LogP contribution is 2.21. The van der Waals surface area contributed by atoms with Crippen LogP contribution in [0.5, 0.6) is 0 Å². The fraction of sp³-hybridized carbons (Fsp3) is 0.385. The lowest BCUT2D eigenvalue weighted by molar-refractivity contribution is 0.0698. The molecule has 110 valence electrons. The van der Waals surface area contributed by atoms with Gasteiger partial charge in [0.05, 0.1) is 24.5 Å². The van der Waals surface area contributed by atoms with Crippen molar-refractivity contribution in [3.8, 4) is 0 Å². The largest absolute Gasteiger partial charge is 0.478 e. The number of amides is 2. The van der Waals surface area contributed by atoms with Crippen molar-refractivity contribution < 1.29 is 24.9 Å². The number of carbonyl (C=O) groups excluding carboxylic acids is 1. The number of hydrogen-bond donors (Lipinski definition) is 4. The van der Waals surface area contributed by atoms with Gasteiger partial charge in [-0.1, -0.05) is 12.1 Å². The van der Waals surface area contributed by atoms with E-state index in [1.165, 1.54) is 11.0 Å². The normalized spacial score (nSPS) is 10.2. The summed E-state index contributed by atoms with van der Waals surface area (Å²) in [5.41, 5.74) is 0.823. The van der Waals surface area contributed by atoms with Gasteiger partial charge in [0, 0.05) is 13.1 Å². The van der Waals surface area contributed by atoms with E-state index >= 15 is 0 Å². The number of aryl methyl sites for hydroxylation is 1. The van der Waals surface area contributed by atoms with E-state index < -0.39 is 12.0 Å². The third-order valence-electron chi connectivity index (χ3n) is 2.76. The number of carboxylic acids is 1. The number of carbonyl (C=O) groups is 2. The van der Waals surface area contributed by atoms with Crippen molar-refractivity contribution in [2.24, 2.45) is 0 Å². The molecular weight excluding hydrogens is 264 g/mol. The molecule has 0 aliphatic rings. The van der Waals surface area contributed by atoms with Crippen LogP contribution in [-0.2, 0) is 0 Å². The second kappa shape index (κ2) is 7.46. The first-order chi connectivity index (χ1) is 9.51. The first-order valence-corrected chi connectivity index (χ1v) is 6.11. The minimum Gasteiger partial charge on any atom is -0.478 e. The molecule has 1 rings (SSSR count). The number of benzene rings is 1. The lowest BCUT2D eigenvalue weighted by Gasteiger charge is -2.22. The molecule has 2 amide bonds. The molecule has 0 aliphatic heterocycles. The summed E-state index contributed by atoms with van der Waals surface area (Å²) in [6.07, 6.45) is 0. The summed E-state index contributed by atoms with van der Waals surface area (Å²) in [6, 6.07) is 4.11. The minimum absolute atomic E-state index is 0.00806. The molecule has 0 fully saturated rings. The summed E-state index contributed by atoms with van der Waals surface area (Å²) in [5, 5.41) is 29.4. The summed E-state index contributed by atoms with van der Waals surface area (Å²) >= 11 is 0. The second-order valence-corrected chi connectivity index (χ2v) is 4.17. The van der Waals surface area contributed by atoms with Gasteiger partial charge >= 0.3 is 12.0 Å². The molecule has 0 heterocycles. The molecule has 0 spiro atoms. The molecule has 1 aromatic carbocycles. The van der Waals surface area contributed by atoms with Crippen molar-refractivity contribution in [1.82, 2.24) is 4.90 Å². The molecule has 1 aromatic rings. The van der Waals surface area contributed by atoms with Crippen molar-refractivity contribution >= 4 is 17.7 Å². The molecule has 20 heavy (non-hydrogen) atoms. The van der Waals surface area contributed by atoms with E-state index in [0.717, 1.165) is 0 Å². The average Bonchev–Trinajstić information content (AvgIpc) is 2.40. The Bertz CT molecular complexity index is 484. The first kappa shape index (κ1) is 15.9. The molecule has 0 unspecified atom stereocenters. The lowest BCUT2D eigenvalue weighted by atomic mass is 10.1. The Kier molecular flexibility index (Phi) is 5.95. The third-order valence-corrected chi connectivity index (χ3v) is 2.76. The number of para-hydroxylation sites is 1. The monoisotopic (exact) mass is 282 g/mol. The topological polar surface area (TPSA) is 110 Å². The number of aromatic carboxylic acids is 1. The van der Waals surface area contributed by atoms with Gasteiger partial charge in [0.25, 0.3) is 0 Å². The van der Waals surface area contributed by atoms with E-state index in [4.69, 9.17) is 15.3 Å². The molecule has 0 saturated heterocycles. The number of anilines is 1. The summed E-state index contributed by atoms with van der Waals surface area (Å²) in [7, 11) is 0. The maximum atomic E-state index is 12.0. The SMILES string of the molecule is Cc1cccc(C(=O)O)c1NC(=O)N(CCO)CCO. The third kappa shape index (κ3) is 3.94. The highest BCUT2D eigenvalue weighted by Gasteiger charge is 2.18. The van der Waals surface area contributed by atoms with Gasteiger partial charge < -0.3 is 25.5 Å². The molecule has 0 aromatic heterocycles. The Morgan fingerprint density at radius 1 is 1.20 bits per heavy atom. The van der Waals surface area contributed by atoms with Gasteiger partial charge in [-0.25, -0.2) is 9.59 Å². The maximum absolute atomic E-state index is 12.0. The zero-order chi connectivity index (χ0) is 15.1. The number of carboxylic acid groups (broad SMARTS) is 1. The molecule has 0 bridgehead atoms. The van der Waals surface area contributed by atoms with Crippen LogP contribution >= 0.6 is 0 Å². The van der Waals surface area contributed by atoms with E-state index in [9.17, 15) is 9.59 Å². The average molecular weight is 282 g/mol. The molecule has 7 heteroatoms. The zero-order valence-electron chi connectivity index (χ0n) is 11.2. The van der Waals surface area contributed by atoms with Gasteiger partial charge in [0.2, 0.25) is 0 Å². The summed E-state index contributed by atoms with van der Waals surface area (Å²) < 4.78 is 0. The van der Waals surface area contributed by atoms with Crippen LogP contribution in [0, 0.1) is 6.92 Å². The van der Waals surface area contributed by atoms with Crippen LogP contribution in [0.15, 0.2) is 18.2 Å². The molecule has 0 radical (unpaired) electrons. The van der Waals surface area contributed by atoms with E-state index in [2.05, 4.69) is 5.32 Å². The van der Waals surface area contributed by atoms with E-state index in [-0.39, 0.29) is 37.6 Å². The summed E-state index contributed by atoms with van der Waals surface area (Å²) in [5.74, 6) is -1.14. The quantitative estimate of drug-likeness (QED) is 0.607. The number of nitrogens with zero attached hydrogens (tertiary/aromatic N) is 1. The van der Waals surface area contributed by atoms with Crippen LogP contribution in [0.1, 0.15) is 15.9 Å². The molecule has 4 N–H and O–H groups in total. The van der Waals surface area contributed by atoms with Crippen LogP contribution in [0.2, 0.25) is 0 Å². The number of nitrogens with one attached hydrogen (secondary N) is 1. The molecular formula is C13H18N2O5. The number of hydrogen-bond acceptors (Lipinski definition) is 4. The van der Waals surface area contributed by atoms with E-state index in [1.54, 1.807) is 19.1 Å². The van der Waals surface area contributed by atoms with E-state index in [1.807, 2.05) is 0 Å². The Morgan fingerprint density at radius 2 is 1.80 bits per heavy atom. The molecule has 0 aliphatic carbocycles. The fourth-order valence-corrected chi connectivity index (χ4v) is 1.75. The van der Waals surface area contributed by atoms with Crippen LogP contribution in [0.4, 0.5) is 10.5 Å². The van der Waals surface area contributed by atoms with Gasteiger partial charge in [0.15, 0.2) is 0 Å². The van der Waals surface area contributed by atoms with Crippen molar-refractivity contribution in [2.45, 2.75) is 6.92 Å². The van der Waals surface area contributed by atoms with Crippen molar-refractivity contribution in [3.05, 3.63) is 29.3 Å². The number of aliphatic hydroxyl groups is 2.